The molecule has 0 atom stereocenters. The summed E-state index contributed by atoms with van der Waals surface area (Å²) in [5, 5.41) is 11.3. The molecule has 10 heteroatoms. The van der Waals surface area contributed by atoms with E-state index in [1.807, 2.05) is 62.6 Å². The van der Waals surface area contributed by atoms with Crippen LogP contribution in [0.3, 0.4) is 0 Å². The molecule has 0 bridgehead atoms. The minimum Gasteiger partial charge on any atom is -0.337 e. The number of nitrogens with zero attached hydrogens (tertiary/aromatic N) is 6. The van der Waals surface area contributed by atoms with Gasteiger partial charge in [-0.1, -0.05) is 18.2 Å². The van der Waals surface area contributed by atoms with Gasteiger partial charge in [-0.25, -0.2) is 4.98 Å². The number of imidazole rings is 1. The number of likely N-dealkylation sites (N-methyl/N-ethyl adjacent to an activating group) is 1. The smallest absolute Gasteiger partial charge is 0.238 e. The van der Waals surface area contributed by atoms with Crippen LogP contribution < -0.4 is 5.32 Å². The van der Waals surface area contributed by atoms with Crippen molar-refractivity contribution in [1.82, 2.24) is 40.0 Å². The molecule has 5 aromatic heterocycles. The molecule has 182 valence electrons. The van der Waals surface area contributed by atoms with Gasteiger partial charge in [-0.05, 0) is 44.4 Å². The molecule has 0 aliphatic carbocycles. The third-order valence-corrected chi connectivity index (χ3v) is 5.90. The fourth-order valence-corrected chi connectivity index (χ4v) is 4.26. The molecule has 0 saturated carbocycles. The number of amides is 1. The second-order valence-electron chi connectivity index (χ2n) is 8.94. The summed E-state index contributed by atoms with van der Waals surface area (Å²) < 4.78 is 0. The zero-order valence-electron chi connectivity index (χ0n) is 20.2. The second kappa shape index (κ2) is 9.25. The highest BCUT2D eigenvalue weighted by Gasteiger charge is 2.17. The summed E-state index contributed by atoms with van der Waals surface area (Å²) >= 11 is 0. The average Bonchev–Trinajstić information content (AvgIpc) is 3.52. The number of benzene rings is 1. The number of anilines is 1. The van der Waals surface area contributed by atoms with E-state index in [0.717, 1.165) is 38.8 Å². The Morgan fingerprint density at radius 3 is 2.73 bits per heavy atom. The normalized spacial score (nSPS) is 11.4. The summed E-state index contributed by atoms with van der Waals surface area (Å²) in [6.07, 6.45) is 6.84. The van der Waals surface area contributed by atoms with Gasteiger partial charge >= 0.3 is 0 Å². The summed E-state index contributed by atoms with van der Waals surface area (Å²) in [6.45, 7) is 0.284. The highest BCUT2D eigenvalue weighted by molar-refractivity contribution is 5.97. The van der Waals surface area contributed by atoms with E-state index in [1.165, 1.54) is 0 Å². The molecule has 0 saturated heterocycles. The number of para-hydroxylation sites is 1. The Morgan fingerprint density at radius 1 is 0.973 bits per heavy atom. The minimum absolute atomic E-state index is 0.112. The summed E-state index contributed by atoms with van der Waals surface area (Å²) in [4.78, 5) is 35.6. The summed E-state index contributed by atoms with van der Waals surface area (Å²) in [5.41, 5.74) is 7.09. The molecule has 0 aliphatic rings. The Hall–Kier alpha value is -4.96. The maximum absolute atomic E-state index is 12.2. The molecule has 0 unspecified atom stereocenters. The Balaban J connectivity index is 1.38. The zero-order chi connectivity index (χ0) is 25.4. The van der Waals surface area contributed by atoms with Crippen molar-refractivity contribution in [2.24, 2.45) is 0 Å². The number of hydrogen-bond acceptors (Lipinski definition) is 7. The average molecular weight is 490 g/mol. The molecule has 0 radical (unpaired) electrons. The molecule has 0 spiro atoms. The van der Waals surface area contributed by atoms with Crippen molar-refractivity contribution in [2.45, 2.75) is 0 Å². The topological polar surface area (TPSA) is 128 Å². The number of aromatic amines is 2. The van der Waals surface area contributed by atoms with Crippen molar-refractivity contribution in [3.8, 4) is 34.0 Å². The SMILES string of the molecule is CN(C)CC(=O)Nc1cncc(-c2cc3c(-c4nc5c(-c6ccccn6)cccc5[nH]4)n[nH]c3cn2)c1. The fraction of sp³-hybridized carbons (Fsp3) is 0.111. The number of H-pyrrole nitrogens is 2. The van der Waals surface area contributed by atoms with Crippen LogP contribution in [0.25, 0.3) is 56.0 Å². The van der Waals surface area contributed by atoms with Gasteiger partial charge in [0.05, 0.1) is 52.6 Å². The number of carbonyl (C=O) groups excluding carboxylic acids is 1. The van der Waals surface area contributed by atoms with Gasteiger partial charge < -0.3 is 15.2 Å². The molecule has 37 heavy (non-hydrogen) atoms. The summed E-state index contributed by atoms with van der Waals surface area (Å²) in [6, 6.07) is 15.6. The van der Waals surface area contributed by atoms with Crippen LogP contribution in [-0.2, 0) is 4.79 Å². The molecule has 5 heterocycles. The van der Waals surface area contributed by atoms with E-state index in [-0.39, 0.29) is 12.5 Å². The van der Waals surface area contributed by atoms with Gasteiger partial charge in [0.2, 0.25) is 5.91 Å². The van der Waals surface area contributed by atoms with Crippen LogP contribution >= 0.6 is 0 Å². The van der Waals surface area contributed by atoms with Crippen molar-refractivity contribution in [3.05, 3.63) is 73.3 Å². The maximum atomic E-state index is 12.2. The second-order valence-corrected chi connectivity index (χ2v) is 8.94. The fourth-order valence-electron chi connectivity index (χ4n) is 4.26. The van der Waals surface area contributed by atoms with Crippen molar-refractivity contribution in [3.63, 3.8) is 0 Å². The first-order valence-corrected chi connectivity index (χ1v) is 11.7. The Bertz CT molecular complexity index is 1740. The lowest BCUT2D eigenvalue weighted by Crippen LogP contribution is -2.27. The molecule has 0 fully saturated rings. The molecule has 6 rings (SSSR count). The summed E-state index contributed by atoms with van der Waals surface area (Å²) in [5.74, 6) is 0.532. The quantitative estimate of drug-likeness (QED) is 0.321. The molecule has 1 aromatic carbocycles. The summed E-state index contributed by atoms with van der Waals surface area (Å²) in [7, 11) is 3.69. The van der Waals surface area contributed by atoms with Crippen LogP contribution in [-0.4, -0.2) is 66.6 Å². The first kappa shape index (κ1) is 22.5. The van der Waals surface area contributed by atoms with Gasteiger partial charge in [0.1, 0.15) is 5.69 Å². The Labute approximate surface area is 211 Å². The largest absolute Gasteiger partial charge is 0.337 e. The first-order valence-electron chi connectivity index (χ1n) is 11.7. The van der Waals surface area contributed by atoms with Crippen LogP contribution in [0, 0.1) is 0 Å². The Kier molecular flexibility index (Phi) is 5.62. The van der Waals surface area contributed by atoms with Gasteiger partial charge in [-0.15, -0.1) is 0 Å². The van der Waals surface area contributed by atoms with Crippen LogP contribution in [0.15, 0.2) is 73.3 Å². The molecule has 3 N–H and O–H groups in total. The molecular weight excluding hydrogens is 466 g/mol. The van der Waals surface area contributed by atoms with Gasteiger partial charge in [-0.3, -0.25) is 24.8 Å². The van der Waals surface area contributed by atoms with Crippen LogP contribution in [0.5, 0.6) is 0 Å². The van der Waals surface area contributed by atoms with E-state index < -0.39 is 0 Å². The highest BCUT2D eigenvalue weighted by Crippen LogP contribution is 2.32. The standard InChI is InChI=1S/C27H23N9O/c1-36(2)15-24(37)31-17-10-16(12-28-13-17)22-11-19-23(14-30-22)34-35-26(19)27-32-21-8-5-6-18(25(21)33-27)20-7-3-4-9-29-20/h3-14H,15H2,1-2H3,(H,31,37)(H,32,33)(H,34,35). The number of carbonyl (C=O) groups is 1. The van der Waals surface area contributed by atoms with E-state index in [0.29, 0.717) is 22.9 Å². The highest BCUT2D eigenvalue weighted by atomic mass is 16.2. The van der Waals surface area contributed by atoms with Crippen molar-refractivity contribution in [1.29, 1.82) is 0 Å². The lowest BCUT2D eigenvalue weighted by atomic mass is 10.1. The minimum atomic E-state index is -0.112. The molecular formula is C27H23N9O. The lowest BCUT2D eigenvalue weighted by Gasteiger charge is -2.10. The molecule has 1 amide bonds. The first-order chi connectivity index (χ1) is 18.0. The predicted molar refractivity (Wildman–Crippen MR) is 143 cm³/mol. The third-order valence-electron chi connectivity index (χ3n) is 5.90. The van der Waals surface area contributed by atoms with Crippen LogP contribution in [0.1, 0.15) is 0 Å². The van der Waals surface area contributed by atoms with Crippen LogP contribution in [0.4, 0.5) is 5.69 Å². The number of nitrogens with one attached hydrogen (secondary N) is 3. The molecule has 0 aliphatic heterocycles. The number of aromatic nitrogens is 7. The Morgan fingerprint density at radius 2 is 1.89 bits per heavy atom. The van der Waals surface area contributed by atoms with E-state index >= 15 is 0 Å². The monoisotopic (exact) mass is 489 g/mol. The van der Waals surface area contributed by atoms with E-state index in [1.54, 1.807) is 29.7 Å². The number of fused-ring (bicyclic) bond motifs is 2. The van der Waals surface area contributed by atoms with Crippen molar-refractivity contribution >= 4 is 33.5 Å². The van der Waals surface area contributed by atoms with E-state index in [9.17, 15) is 4.79 Å². The number of hydrogen-bond donors (Lipinski definition) is 3. The predicted octanol–water partition coefficient (Wildman–Crippen LogP) is 4.13. The number of rotatable bonds is 6. The molecule has 10 nitrogen and oxygen atoms in total. The molecule has 6 aromatic rings. The van der Waals surface area contributed by atoms with Crippen LogP contribution in [0.2, 0.25) is 0 Å². The van der Waals surface area contributed by atoms with Gasteiger partial charge in [0.25, 0.3) is 0 Å². The third kappa shape index (κ3) is 4.41. The number of pyridine rings is 3. The van der Waals surface area contributed by atoms with Crippen molar-refractivity contribution in [2.75, 3.05) is 26.0 Å². The van der Waals surface area contributed by atoms with Gasteiger partial charge in [0, 0.05) is 28.9 Å². The zero-order valence-corrected chi connectivity index (χ0v) is 20.2. The van der Waals surface area contributed by atoms with Crippen molar-refractivity contribution < 1.29 is 4.79 Å². The van der Waals surface area contributed by atoms with Gasteiger partial charge in [0.15, 0.2) is 5.82 Å². The maximum Gasteiger partial charge on any atom is 0.238 e. The van der Waals surface area contributed by atoms with E-state index in [2.05, 4.69) is 35.5 Å². The lowest BCUT2D eigenvalue weighted by molar-refractivity contribution is -0.116. The van der Waals surface area contributed by atoms with Gasteiger partial charge in [-0.2, -0.15) is 5.10 Å². The van der Waals surface area contributed by atoms with E-state index in [4.69, 9.17) is 4.98 Å².